The van der Waals surface area contributed by atoms with Crippen molar-refractivity contribution in [2.24, 2.45) is 7.05 Å². The fourth-order valence-electron chi connectivity index (χ4n) is 2.27. The van der Waals surface area contributed by atoms with Gasteiger partial charge in [-0.15, -0.1) is 0 Å². The Bertz CT molecular complexity index is 783. The molecule has 5 heteroatoms. The van der Waals surface area contributed by atoms with Crippen LogP contribution in [0.1, 0.15) is 10.5 Å². The van der Waals surface area contributed by atoms with Crippen LogP contribution in [0.5, 0.6) is 5.75 Å². The number of aromatic carboxylic acids is 1. The van der Waals surface area contributed by atoms with E-state index in [0.29, 0.717) is 5.52 Å². The van der Waals surface area contributed by atoms with Crippen molar-refractivity contribution in [3.8, 4) is 17.1 Å². The van der Waals surface area contributed by atoms with Crippen LogP contribution in [0.4, 0.5) is 0 Å². The Kier molecular flexibility index (Phi) is 2.35. The number of H-pyrrole nitrogens is 1. The maximum absolute atomic E-state index is 11.0. The molecular formula is C14H12N2O3. The summed E-state index contributed by atoms with van der Waals surface area (Å²) in [6.07, 6.45) is 0. The lowest BCUT2D eigenvalue weighted by atomic mass is 10.2. The van der Waals surface area contributed by atoms with Crippen LogP contribution in [-0.2, 0) is 7.05 Å². The van der Waals surface area contributed by atoms with Crippen LogP contribution in [0.2, 0.25) is 0 Å². The Morgan fingerprint density at radius 2 is 2.05 bits per heavy atom. The van der Waals surface area contributed by atoms with E-state index < -0.39 is 5.97 Å². The zero-order valence-corrected chi connectivity index (χ0v) is 10.2. The number of carboxylic acid groups (broad SMARTS) is 1. The Labute approximate surface area is 108 Å². The minimum absolute atomic E-state index is 0.177. The number of aromatic nitrogens is 2. The maximum Gasteiger partial charge on any atom is 0.352 e. The molecule has 0 aliphatic heterocycles. The Morgan fingerprint density at radius 1 is 1.26 bits per heavy atom. The lowest BCUT2D eigenvalue weighted by Crippen LogP contribution is -2.05. The van der Waals surface area contributed by atoms with Gasteiger partial charge in [0.15, 0.2) is 0 Å². The number of carboxylic acids is 1. The second-order valence-electron chi connectivity index (χ2n) is 4.39. The Morgan fingerprint density at radius 3 is 2.68 bits per heavy atom. The van der Waals surface area contributed by atoms with Gasteiger partial charge in [0.2, 0.25) is 0 Å². The molecule has 0 aliphatic carbocycles. The number of phenolic OH excluding ortho intramolecular Hbond substituents is 1. The molecule has 0 saturated heterocycles. The van der Waals surface area contributed by atoms with E-state index in [1.54, 1.807) is 35.9 Å². The molecule has 0 amide bonds. The molecule has 0 saturated carbocycles. The van der Waals surface area contributed by atoms with Gasteiger partial charge in [-0.1, -0.05) is 12.1 Å². The van der Waals surface area contributed by atoms with E-state index in [2.05, 4.69) is 4.98 Å². The predicted octanol–water partition coefficient (Wildman–Crippen LogP) is 2.58. The molecule has 0 fully saturated rings. The zero-order valence-electron chi connectivity index (χ0n) is 10.2. The quantitative estimate of drug-likeness (QED) is 0.659. The molecule has 0 atom stereocenters. The van der Waals surface area contributed by atoms with Crippen LogP contribution in [0.3, 0.4) is 0 Å². The number of nitrogens with zero attached hydrogens (tertiary/aromatic N) is 1. The SMILES string of the molecule is Cn1c(C(=O)O)ccc1-c1cc2cccc(O)c2[nH]1. The van der Waals surface area contributed by atoms with Crippen LogP contribution < -0.4 is 0 Å². The smallest absolute Gasteiger partial charge is 0.352 e. The Balaban J connectivity index is 2.20. The number of hydrogen-bond donors (Lipinski definition) is 3. The zero-order chi connectivity index (χ0) is 13.6. The summed E-state index contributed by atoms with van der Waals surface area (Å²) < 4.78 is 1.60. The topological polar surface area (TPSA) is 78.2 Å². The second kappa shape index (κ2) is 3.91. The van der Waals surface area contributed by atoms with Gasteiger partial charge in [-0.05, 0) is 24.3 Å². The van der Waals surface area contributed by atoms with E-state index in [9.17, 15) is 9.90 Å². The molecule has 96 valence electrons. The summed E-state index contributed by atoms with van der Waals surface area (Å²) in [5.41, 5.74) is 2.40. The molecule has 3 rings (SSSR count). The van der Waals surface area contributed by atoms with Gasteiger partial charge < -0.3 is 19.8 Å². The van der Waals surface area contributed by atoms with Gasteiger partial charge in [0.05, 0.1) is 16.9 Å². The number of aromatic amines is 1. The molecule has 2 heterocycles. The summed E-state index contributed by atoms with van der Waals surface area (Å²) in [7, 11) is 1.70. The molecular weight excluding hydrogens is 244 g/mol. The number of benzene rings is 1. The van der Waals surface area contributed by atoms with Crippen LogP contribution in [0.15, 0.2) is 36.4 Å². The first kappa shape index (κ1) is 11.4. The van der Waals surface area contributed by atoms with Crippen molar-refractivity contribution < 1.29 is 15.0 Å². The third kappa shape index (κ3) is 1.67. The molecule has 3 aromatic rings. The van der Waals surface area contributed by atoms with Gasteiger partial charge in [-0.25, -0.2) is 4.79 Å². The van der Waals surface area contributed by atoms with E-state index >= 15 is 0 Å². The summed E-state index contributed by atoms with van der Waals surface area (Å²) in [6.45, 7) is 0. The molecule has 0 unspecified atom stereocenters. The summed E-state index contributed by atoms with van der Waals surface area (Å²) in [5.74, 6) is -0.788. The first-order valence-electron chi connectivity index (χ1n) is 5.78. The fraction of sp³-hybridized carbons (Fsp3) is 0.0714. The largest absolute Gasteiger partial charge is 0.506 e. The van der Waals surface area contributed by atoms with Crippen molar-refractivity contribution in [1.82, 2.24) is 9.55 Å². The number of carbonyl (C=O) groups is 1. The summed E-state index contributed by atoms with van der Waals surface area (Å²) in [6, 6.07) is 10.4. The minimum Gasteiger partial charge on any atom is -0.506 e. The molecule has 0 spiro atoms. The first-order valence-corrected chi connectivity index (χ1v) is 5.78. The first-order chi connectivity index (χ1) is 9.08. The van der Waals surface area contributed by atoms with Gasteiger partial charge in [-0.3, -0.25) is 0 Å². The highest BCUT2D eigenvalue weighted by Crippen LogP contribution is 2.29. The van der Waals surface area contributed by atoms with Gasteiger partial charge in [-0.2, -0.15) is 0 Å². The van der Waals surface area contributed by atoms with Crippen molar-refractivity contribution in [3.63, 3.8) is 0 Å². The van der Waals surface area contributed by atoms with Crippen LogP contribution in [-0.4, -0.2) is 25.7 Å². The number of para-hydroxylation sites is 1. The number of phenols is 1. The van der Waals surface area contributed by atoms with Crippen molar-refractivity contribution >= 4 is 16.9 Å². The molecule has 1 aromatic carbocycles. The number of nitrogens with one attached hydrogen (secondary N) is 1. The van der Waals surface area contributed by atoms with Crippen LogP contribution in [0.25, 0.3) is 22.3 Å². The molecule has 2 aromatic heterocycles. The lowest BCUT2D eigenvalue weighted by molar-refractivity contribution is 0.0687. The number of hydrogen-bond acceptors (Lipinski definition) is 2. The molecule has 0 bridgehead atoms. The molecule has 0 radical (unpaired) electrons. The van der Waals surface area contributed by atoms with E-state index in [-0.39, 0.29) is 11.4 Å². The molecule has 19 heavy (non-hydrogen) atoms. The van der Waals surface area contributed by atoms with Crippen molar-refractivity contribution in [1.29, 1.82) is 0 Å². The van der Waals surface area contributed by atoms with Crippen LogP contribution >= 0.6 is 0 Å². The van der Waals surface area contributed by atoms with Gasteiger partial charge >= 0.3 is 5.97 Å². The van der Waals surface area contributed by atoms with E-state index in [0.717, 1.165) is 16.8 Å². The monoisotopic (exact) mass is 256 g/mol. The number of rotatable bonds is 2. The van der Waals surface area contributed by atoms with Crippen LogP contribution in [0, 0.1) is 0 Å². The lowest BCUT2D eigenvalue weighted by Gasteiger charge is -2.02. The average molecular weight is 256 g/mol. The van der Waals surface area contributed by atoms with E-state index in [4.69, 9.17) is 5.11 Å². The average Bonchev–Trinajstić information content (AvgIpc) is 2.93. The standard InChI is InChI=1S/C14H12N2O3/c1-16-10(5-6-11(16)14(18)19)9-7-8-3-2-4-12(17)13(8)15-9/h2-7,15,17H,1H3,(H,18,19). The highest BCUT2D eigenvalue weighted by atomic mass is 16.4. The van der Waals surface area contributed by atoms with Crippen molar-refractivity contribution in [3.05, 3.63) is 42.1 Å². The van der Waals surface area contributed by atoms with E-state index in [1.807, 2.05) is 12.1 Å². The minimum atomic E-state index is -0.965. The maximum atomic E-state index is 11.0. The fourth-order valence-corrected chi connectivity index (χ4v) is 2.27. The summed E-state index contributed by atoms with van der Waals surface area (Å²) in [5, 5.41) is 19.7. The van der Waals surface area contributed by atoms with Crippen molar-refractivity contribution in [2.75, 3.05) is 0 Å². The normalized spacial score (nSPS) is 11.0. The highest BCUT2D eigenvalue weighted by Gasteiger charge is 2.14. The second-order valence-corrected chi connectivity index (χ2v) is 4.39. The van der Waals surface area contributed by atoms with E-state index in [1.165, 1.54) is 0 Å². The number of fused-ring (bicyclic) bond motifs is 1. The van der Waals surface area contributed by atoms with Gasteiger partial charge in [0, 0.05) is 12.4 Å². The summed E-state index contributed by atoms with van der Waals surface area (Å²) in [4.78, 5) is 14.1. The molecule has 3 N–H and O–H groups in total. The van der Waals surface area contributed by atoms with Crippen molar-refractivity contribution in [2.45, 2.75) is 0 Å². The molecule has 0 aliphatic rings. The molecule has 5 nitrogen and oxygen atoms in total. The number of aromatic hydroxyl groups is 1. The summed E-state index contributed by atoms with van der Waals surface area (Å²) >= 11 is 0. The third-order valence-corrected chi connectivity index (χ3v) is 3.25. The third-order valence-electron chi connectivity index (χ3n) is 3.25. The predicted molar refractivity (Wildman–Crippen MR) is 71.3 cm³/mol. The Hall–Kier alpha value is -2.69. The van der Waals surface area contributed by atoms with Gasteiger partial charge in [0.25, 0.3) is 0 Å². The highest BCUT2D eigenvalue weighted by molar-refractivity contribution is 5.91. The van der Waals surface area contributed by atoms with Gasteiger partial charge in [0.1, 0.15) is 11.4 Å².